The van der Waals surface area contributed by atoms with Gasteiger partial charge in [-0.1, -0.05) is 13.8 Å². The van der Waals surface area contributed by atoms with Crippen LogP contribution in [0.2, 0.25) is 0 Å². The molecule has 0 fully saturated rings. The Balaban J connectivity index is 2.29. The summed E-state index contributed by atoms with van der Waals surface area (Å²) >= 11 is 0. The number of aromatic nitrogens is 1. The number of Topliss-reactive ketones (excluding diaryl/α,β-unsaturated/α-hetero) is 1. The van der Waals surface area contributed by atoms with Gasteiger partial charge in [0.1, 0.15) is 5.56 Å². The molecule has 2 aromatic rings. The van der Waals surface area contributed by atoms with Gasteiger partial charge in [-0.15, -0.1) is 0 Å². The first-order valence-corrected chi connectivity index (χ1v) is 8.89. The van der Waals surface area contributed by atoms with Crippen molar-refractivity contribution in [2.75, 3.05) is 0 Å². The van der Waals surface area contributed by atoms with Gasteiger partial charge in [0.15, 0.2) is 5.78 Å². The topological polar surface area (TPSA) is 128 Å². The summed E-state index contributed by atoms with van der Waals surface area (Å²) in [5, 5.41) is 13.0. The minimum atomic E-state index is -0.904. The van der Waals surface area contributed by atoms with Gasteiger partial charge >= 0.3 is 0 Å². The van der Waals surface area contributed by atoms with Gasteiger partial charge in [0.2, 0.25) is 5.91 Å². The summed E-state index contributed by atoms with van der Waals surface area (Å²) in [7, 11) is 0. The van der Waals surface area contributed by atoms with E-state index in [-0.39, 0.29) is 29.0 Å². The molecule has 1 heterocycles. The number of nitro benzene ring substituents is 1. The Morgan fingerprint density at radius 1 is 1.14 bits per heavy atom. The molecule has 1 aromatic heterocycles. The number of amides is 2. The van der Waals surface area contributed by atoms with Crippen LogP contribution in [0.3, 0.4) is 0 Å². The van der Waals surface area contributed by atoms with Gasteiger partial charge in [0, 0.05) is 42.4 Å². The highest BCUT2D eigenvalue weighted by Crippen LogP contribution is 2.35. The van der Waals surface area contributed by atoms with Gasteiger partial charge in [0.05, 0.1) is 4.92 Å². The van der Waals surface area contributed by atoms with Crippen molar-refractivity contribution in [3.8, 4) is 5.69 Å². The molecule has 1 aromatic carbocycles. The zero-order chi connectivity index (χ0) is 21.5. The summed E-state index contributed by atoms with van der Waals surface area (Å²) in [6.07, 6.45) is 0.640. The molecule has 1 aliphatic rings. The average Bonchev–Trinajstić information content (AvgIpc) is 2.60. The normalized spacial score (nSPS) is 14.8. The molecule has 0 saturated carbocycles. The van der Waals surface area contributed by atoms with Crippen LogP contribution < -0.4 is 10.9 Å². The second-order valence-corrected chi connectivity index (χ2v) is 7.78. The summed E-state index contributed by atoms with van der Waals surface area (Å²) in [6, 6.07) is 6.49. The Bertz CT molecular complexity index is 1110. The monoisotopic (exact) mass is 397 g/mol. The summed E-state index contributed by atoms with van der Waals surface area (Å²) in [6.45, 7) is 4.93. The number of rotatable bonds is 3. The Morgan fingerprint density at radius 3 is 2.31 bits per heavy atom. The average molecular weight is 397 g/mol. The fourth-order valence-electron chi connectivity index (χ4n) is 3.50. The van der Waals surface area contributed by atoms with Crippen molar-refractivity contribution in [1.29, 1.82) is 0 Å². The Morgan fingerprint density at radius 2 is 1.76 bits per heavy atom. The van der Waals surface area contributed by atoms with E-state index in [4.69, 9.17) is 0 Å². The van der Waals surface area contributed by atoms with Crippen LogP contribution in [0.15, 0.2) is 35.1 Å². The number of imide groups is 1. The number of nitrogens with zero attached hydrogens (tertiary/aromatic N) is 2. The standard InChI is InChI=1S/C20H19N3O6/c1-11(24)21-18(26)15-8-14-16(9-20(2,3)10-17(14)25)22(19(15)27)12-4-6-13(7-5-12)23(28)29/h4-8H,9-10H2,1-3H3,(H,21,24,26). The minimum Gasteiger partial charge on any atom is -0.294 e. The first-order valence-electron chi connectivity index (χ1n) is 8.89. The van der Waals surface area contributed by atoms with E-state index in [9.17, 15) is 29.3 Å². The Hall–Kier alpha value is -3.62. The minimum absolute atomic E-state index is 0.155. The second kappa shape index (κ2) is 7.08. The van der Waals surface area contributed by atoms with Crippen LogP contribution in [0.25, 0.3) is 5.69 Å². The molecule has 9 heteroatoms. The molecule has 0 saturated heterocycles. The van der Waals surface area contributed by atoms with E-state index < -0.39 is 27.7 Å². The van der Waals surface area contributed by atoms with Crippen molar-refractivity contribution < 1.29 is 19.3 Å². The lowest BCUT2D eigenvalue weighted by Crippen LogP contribution is -2.39. The van der Waals surface area contributed by atoms with Crippen molar-refractivity contribution >= 4 is 23.3 Å². The van der Waals surface area contributed by atoms with Crippen LogP contribution in [0.5, 0.6) is 0 Å². The van der Waals surface area contributed by atoms with E-state index in [2.05, 4.69) is 0 Å². The highest BCUT2D eigenvalue weighted by molar-refractivity contribution is 6.06. The molecule has 2 amide bonds. The highest BCUT2D eigenvalue weighted by atomic mass is 16.6. The number of benzene rings is 1. The lowest BCUT2D eigenvalue weighted by molar-refractivity contribution is -0.384. The van der Waals surface area contributed by atoms with Crippen LogP contribution >= 0.6 is 0 Å². The van der Waals surface area contributed by atoms with E-state index in [1.54, 1.807) is 0 Å². The molecule has 9 nitrogen and oxygen atoms in total. The van der Waals surface area contributed by atoms with Crippen molar-refractivity contribution in [3.05, 3.63) is 67.6 Å². The van der Waals surface area contributed by atoms with Crippen LogP contribution in [-0.2, 0) is 11.2 Å². The molecular formula is C20H19N3O6. The smallest absolute Gasteiger partial charge is 0.269 e. The molecule has 0 radical (unpaired) electrons. The summed E-state index contributed by atoms with van der Waals surface area (Å²) in [4.78, 5) is 59.9. The van der Waals surface area contributed by atoms with Crippen LogP contribution in [0.4, 0.5) is 5.69 Å². The zero-order valence-electron chi connectivity index (χ0n) is 16.1. The number of nitrogens with one attached hydrogen (secondary N) is 1. The van der Waals surface area contributed by atoms with Crippen molar-refractivity contribution in [3.63, 3.8) is 0 Å². The lowest BCUT2D eigenvalue weighted by atomic mass is 9.75. The van der Waals surface area contributed by atoms with E-state index in [1.807, 2.05) is 19.2 Å². The Labute approximate surface area is 165 Å². The highest BCUT2D eigenvalue weighted by Gasteiger charge is 2.35. The van der Waals surface area contributed by atoms with Gasteiger partial charge < -0.3 is 0 Å². The van der Waals surface area contributed by atoms with Gasteiger partial charge in [-0.2, -0.15) is 0 Å². The number of carbonyl (C=O) groups is 3. The largest absolute Gasteiger partial charge is 0.294 e. The van der Waals surface area contributed by atoms with Crippen LogP contribution in [-0.4, -0.2) is 27.1 Å². The number of ketones is 1. The third-order valence-corrected chi connectivity index (χ3v) is 4.74. The van der Waals surface area contributed by atoms with E-state index >= 15 is 0 Å². The quantitative estimate of drug-likeness (QED) is 0.624. The molecule has 0 spiro atoms. The SMILES string of the molecule is CC(=O)NC(=O)c1cc2c(n(-c3ccc([N+](=O)[O-])cc3)c1=O)CC(C)(C)CC2=O. The number of non-ortho nitro benzene ring substituents is 1. The first kappa shape index (κ1) is 20.1. The zero-order valence-corrected chi connectivity index (χ0v) is 16.1. The molecule has 1 aliphatic carbocycles. The maximum absolute atomic E-state index is 13.1. The second-order valence-electron chi connectivity index (χ2n) is 7.78. The van der Waals surface area contributed by atoms with E-state index in [0.717, 1.165) is 6.92 Å². The number of fused-ring (bicyclic) bond motifs is 1. The van der Waals surface area contributed by atoms with Gasteiger partial charge in [-0.3, -0.25) is 39.2 Å². The summed E-state index contributed by atoms with van der Waals surface area (Å²) < 4.78 is 1.23. The van der Waals surface area contributed by atoms with E-state index in [0.29, 0.717) is 17.8 Å². The van der Waals surface area contributed by atoms with Gasteiger partial charge in [-0.05, 0) is 30.0 Å². The fraction of sp³-hybridized carbons (Fsp3) is 0.300. The van der Waals surface area contributed by atoms with Crippen LogP contribution in [0.1, 0.15) is 53.6 Å². The van der Waals surface area contributed by atoms with E-state index in [1.165, 1.54) is 34.9 Å². The Kier molecular flexibility index (Phi) is 4.91. The number of hydrogen-bond donors (Lipinski definition) is 1. The maximum Gasteiger partial charge on any atom is 0.269 e. The molecule has 3 rings (SSSR count). The molecule has 0 bridgehead atoms. The first-order chi connectivity index (χ1) is 13.5. The lowest BCUT2D eigenvalue weighted by Gasteiger charge is -2.32. The predicted octanol–water partition coefficient (Wildman–Crippen LogP) is 2.18. The number of hydrogen-bond acceptors (Lipinski definition) is 6. The number of carbonyl (C=O) groups excluding carboxylic acids is 3. The van der Waals surface area contributed by atoms with Crippen LogP contribution in [0, 0.1) is 15.5 Å². The third kappa shape index (κ3) is 3.84. The fourth-order valence-corrected chi connectivity index (χ4v) is 3.50. The summed E-state index contributed by atoms with van der Waals surface area (Å²) in [5.74, 6) is -1.76. The van der Waals surface area contributed by atoms with Crippen molar-refractivity contribution in [1.82, 2.24) is 9.88 Å². The molecule has 0 aliphatic heterocycles. The van der Waals surface area contributed by atoms with Crippen molar-refractivity contribution in [2.45, 2.75) is 33.6 Å². The molecule has 0 unspecified atom stereocenters. The van der Waals surface area contributed by atoms with Gasteiger partial charge in [-0.25, -0.2) is 0 Å². The van der Waals surface area contributed by atoms with Gasteiger partial charge in [0.25, 0.3) is 17.2 Å². The predicted molar refractivity (Wildman–Crippen MR) is 103 cm³/mol. The molecule has 1 N–H and O–H groups in total. The number of nitro groups is 1. The summed E-state index contributed by atoms with van der Waals surface area (Å²) in [5.41, 5.74) is -0.646. The third-order valence-electron chi connectivity index (χ3n) is 4.74. The maximum atomic E-state index is 13.1. The molecule has 0 atom stereocenters. The van der Waals surface area contributed by atoms with Crippen molar-refractivity contribution in [2.24, 2.45) is 5.41 Å². The number of pyridine rings is 1. The molecule has 29 heavy (non-hydrogen) atoms. The molecule has 150 valence electrons. The molecular weight excluding hydrogens is 378 g/mol.